The summed E-state index contributed by atoms with van der Waals surface area (Å²) in [5, 5.41) is 21.5. The van der Waals surface area contributed by atoms with Crippen LogP contribution in [0.4, 0.5) is 0 Å². The van der Waals surface area contributed by atoms with Crippen molar-refractivity contribution in [3.63, 3.8) is 0 Å². The van der Waals surface area contributed by atoms with Gasteiger partial charge in [-0.1, -0.05) is 0 Å². The van der Waals surface area contributed by atoms with Crippen molar-refractivity contribution in [3.8, 4) is 6.07 Å². The second kappa shape index (κ2) is 145. The van der Waals surface area contributed by atoms with Gasteiger partial charge >= 0.3 is 0 Å². The fourth-order valence-corrected chi connectivity index (χ4v) is 0. The number of nitrogens with zero attached hydrogens (tertiary/aromatic N) is 1. The smallest absolute Gasteiger partial charge is 0.0967 e. The first kappa shape index (κ1) is 22.5. The minimum Gasteiger partial charge on any atom is -0.400 e. The molecule has 3 nitrogen and oxygen atoms in total. The van der Waals surface area contributed by atoms with Crippen molar-refractivity contribution in [2.75, 3.05) is 19.6 Å². The molecule has 0 saturated heterocycles. The molecule has 10 heavy (non-hydrogen) atoms. The van der Waals surface area contributed by atoms with E-state index in [1.165, 1.54) is 6.92 Å². The first-order chi connectivity index (χ1) is 4.83. The molecule has 0 radical (unpaired) electrons. The zero-order chi connectivity index (χ0) is 9.41. The third-order valence-corrected chi connectivity index (χ3v) is 0. The summed E-state index contributed by atoms with van der Waals surface area (Å²) in [7, 11) is 2.00. The van der Waals surface area contributed by atoms with Crippen LogP contribution in [-0.4, -0.2) is 29.8 Å². The number of alkyl halides is 2. The highest BCUT2D eigenvalue weighted by Crippen LogP contribution is 1.73. The van der Waals surface area contributed by atoms with Gasteiger partial charge in [0.15, 0.2) is 0 Å². The summed E-state index contributed by atoms with van der Waals surface area (Å²) >= 11 is 9.53. The van der Waals surface area contributed by atoms with E-state index in [0.717, 1.165) is 14.2 Å². The van der Waals surface area contributed by atoms with Crippen LogP contribution in [0.1, 0.15) is 6.92 Å². The zero-order valence-electron chi connectivity index (χ0n) is 6.30. The fraction of sp³-hybridized carbons (Fsp3) is 0.800. The third kappa shape index (κ3) is 3900000. The van der Waals surface area contributed by atoms with Gasteiger partial charge in [-0.2, -0.15) is 5.26 Å². The first-order valence-corrected chi connectivity index (χ1v) is 3.22. The van der Waals surface area contributed by atoms with Gasteiger partial charge in [0.25, 0.3) is 0 Å². The normalized spacial score (nSPS) is 3.80. The molecule has 0 aliphatic carbocycles. The quantitative estimate of drug-likeness (QED) is 0.563. The predicted molar refractivity (Wildman–Crippen MR) is 44.1 cm³/mol. The van der Waals surface area contributed by atoms with Crippen LogP contribution >= 0.6 is 23.2 Å². The average molecular weight is 190 g/mol. The molecule has 0 aromatic carbocycles. The van der Waals surface area contributed by atoms with Crippen molar-refractivity contribution in [1.82, 2.24) is 0 Å². The van der Waals surface area contributed by atoms with Gasteiger partial charge in [0, 0.05) is 21.1 Å². The van der Waals surface area contributed by atoms with E-state index in [1.54, 1.807) is 6.07 Å². The number of halogens is 2. The van der Waals surface area contributed by atoms with Crippen LogP contribution in [0.15, 0.2) is 0 Å². The van der Waals surface area contributed by atoms with Gasteiger partial charge in [-0.3, -0.25) is 0 Å². The van der Waals surface area contributed by atoms with Gasteiger partial charge in [0.1, 0.15) is 0 Å². The fourth-order valence-electron chi connectivity index (χ4n) is 0. The largest absolute Gasteiger partial charge is 0.400 e. The minimum absolute atomic E-state index is 0.194. The molecule has 2 N–H and O–H groups in total. The lowest BCUT2D eigenvalue weighted by Gasteiger charge is -1.42. The highest BCUT2D eigenvalue weighted by atomic mass is 35.5. The minimum atomic E-state index is 0.194. The van der Waals surface area contributed by atoms with Gasteiger partial charge in [-0.05, 0) is 0 Å². The molecule has 0 aromatic heterocycles. The molecule has 5 heteroatoms. The average Bonchev–Trinajstić information content (AvgIpc) is 1.99. The maximum Gasteiger partial charge on any atom is 0.0967 e. The van der Waals surface area contributed by atoms with Gasteiger partial charge < -0.3 is 10.2 Å². The topological polar surface area (TPSA) is 64.2 Å². The highest BCUT2D eigenvalue weighted by Gasteiger charge is 1.41. The summed E-state index contributed by atoms with van der Waals surface area (Å²) in [6.07, 6.45) is 0. The molecule has 0 amide bonds. The summed E-state index contributed by atoms with van der Waals surface area (Å²) in [5.41, 5.74) is 0. The molecule has 0 heterocycles. The van der Waals surface area contributed by atoms with E-state index in [-0.39, 0.29) is 5.34 Å². The van der Waals surface area contributed by atoms with Crippen molar-refractivity contribution in [1.29, 1.82) is 5.26 Å². The molecular weight excluding hydrogens is 177 g/mol. The van der Waals surface area contributed by atoms with E-state index in [2.05, 4.69) is 0 Å². The van der Waals surface area contributed by atoms with Crippen molar-refractivity contribution < 1.29 is 10.2 Å². The molecule has 0 aromatic rings. The van der Waals surface area contributed by atoms with Gasteiger partial charge in [-0.15, -0.1) is 23.2 Å². The predicted octanol–water partition coefficient (Wildman–Crippen LogP) is 1.17. The van der Waals surface area contributed by atoms with Crippen molar-refractivity contribution in [3.05, 3.63) is 0 Å². The monoisotopic (exact) mass is 189 g/mol. The number of aliphatic hydroxyl groups is 2. The Morgan fingerprint density at radius 2 is 1.20 bits per heavy atom. The van der Waals surface area contributed by atoms with Crippen LogP contribution in [0.25, 0.3) is 0 Å². The number of nitriles is 1. The second-order valence-electron chi connectivity index (χ2n) is 0.325. The SMILES string of the molecule is CC#N.CO.CO.ClCCl. The lowest BCUT2D eigenvalue weighted by Crippen LogP contribution is -1.25. The number of hydrogen-bond acceptors (Lipinski definition) is 3. The lowest BCUT2D eigenvalue weighted by molar-refractivity contribution is 0.399. The van der Waals surface area contributed by atoms with Gasteiger partial charge in [0.2, 0.25) is 0 Å². The Bertz CT molecular complexity index is 47.4. The lowest BCUT2D eigenvalue weighted by atomic mass is 11.0. The molecule has 0 spiro atoms. The molecule has 0 bridgehead atoms. The van der Waals surface area contributed by atoms with E-state index in [9.17, 15) is 0 Å². The van der Waals surface area contributed by atoms with Gasteiger partial charge in [-0.25, -0.2) is 0 Å². The van der Waals surface area contributed by atoms with E-state index in [0.29, 0.717) is 0 Å². The zero-order valence-corrected chi connectivity index (χ0v) is 7.82. The van der Waals surface area contributed by atoms with Crippen molar-refractivity contribution >= 4 is 23.2 Å². The van der Waals surface area contributed by atoms with Crippen LogP contribution in [-0.2, 0) is 0 Å². The molecule has 0 atom stereocenters. The number of aliphatic hydroxyl groups excluding tert-OH is 2. The standard InChI is InChI=1S/C2H3N.CH2Cl2.2CH4O/c1-2-3;2-1-3;2*1-2/h1H3;1H2;2*2H,1H3. The van der Waals surface area contributed by atoms with E-state index in [4.69, 9.17) is 38.7 Å². The molecule has 0 aliphatic rings. The Balaban J connectivity index is -0.0000000246. The summed E-state index contributed by atoms with van der Waals surface area (Å²) in [5.74, 6) is 0. The van der Waals surface area contributed by atoms with Crippen LogP contribution in [0.5, 0.6) is 0 Å². The van der Waals surface area contributed by atoms with Crippen LogP contribution < -0.4 is 0 Å². The van der Waals surface area contributed by atoms with Gasteiger partial charge in [0.05, 0.1) is 11.4 Å². The Morgan fingerprint density at radius 1 is 1.20 bits per heavy atom. The van der Waals surface area contributed by atoms with Crippen molar-refractivity contribution in [2.24, 2.45) is 0 Å². The summed E-state index contributed by atoms with van der Waals surface area (Å²) in [6.45, 7) is 1.43. The molecule has 0 unspecified atom stereocenters. The van der Waals surface area contributed by atoms with Crippen LogP contribution in [0.3, 0.4) is 0 Å². The maximum atomic E-state index is 7.32. The molecular formula is C5H13Cl2NO2. The van der Waals surface area contributed by atoms with Crippen LogP contribution in [0.2, 0.25) is 0 Å². The molecule has 64 valence electrons. The Kier molecular flexibility index (Phi) is 326. The third-order valence-electron chi connectivity index (χ3n) is 0. The number of rotatable bonds is 0. The molecule has 0 saturated carbocycles. The molecule has 0 rings (SSSR count). The molecule has 0 fully saturated rings. The summed E-state index contributed by atoms with van der Waals surface area (Å²) < 4.78 is 0. The van der Waals surface area contributed by atoms with Crippen LogP contribution in [0, 0.1) is 11.3 Å². The highest BCUT2D eigenvalue weighted by molar-refractivity contribution is 6.40. The van der Waals surface area contributed by atoms with E-state index < -0.39 is 0 Å². The Labute approximate surface area is 71.8 Å². The van der Waals surface area contributed by atoms with E-state index >= 15 is 0 Å². The number of hydrogen-bond donors (Lipinski definition) is 2. The first-order valence-electron chi connectivity index (χ1n) is 2.15. The summed E-state index contributed by atoms with van der Waals surface area (Å²) in [4.78, 5) is 0. The molecule has 0 aliphatic heterocycles. The van der Waals surface area contributed by atoms with Crippen molar-refractivity contribution in [2.45, 2.75) is 6.92 Å². The second-order valence-corrected chi connectivity index (χ2v) is 1.13. The Hall–Kier alpha value is -0.0100. The Morgan fingerprint density at radius 3 is 1.20 bits per heavy atom. The summed E-state index contributed by atoms with van der Waals surface area (Å²) in [6, 6.07) is 1.75. The maximum absolute atomic E-state index is 7.32. The van der Waals surface area contributed by atoms with E-state index in [1.807, 2.05) is 0 Å².